The summed E-state index contributed by atoms with van der Waals surface area (Å²) in [6, 6.07) is 9.44. The van der Waals surface area contributed by atoms with Crippen molar-refractivity contribution in [2.45, 2.75) is 0 Å². The Kier molecular flexibility index (Phi) is 2.74. The first-order valence-corrected chi connectivity index (χ1v) is 4.61. The van der Waals surface area contributed by atoms with Gasteiger partial charge >= 0.3 is 0 Å². The second-order valence-corrected chi connectivity index (χ2v) is 3.21. The highest BCUT2D eigenvalue weighted by Crippen LogP contribution is 2.14. The van der Waals surface area contributed by atoms with Crippen LogP contribution in [-0.4, -0.2) is 16.7 Å². The number of aliphatic hydroxyl groups is 1. The van der Waals surface area contributed by atoms with Crippen LogP contribution in [0.2, 0.25) is 0 Å². The molecular formula is C12H10FNO. The van der Waals surface area contributed by atoms with Crippen molar-refractivity contribution >= 4 is 17.0 Å². The molecule has 0 saturated carbocycles. The lowest BCUT2D eigenvalue weighted by Crippen LogP contribution is -1.84. The van der Waals surface area contributed by atoms with E-state index in [1.54, 1.807) is 6.20 Å². The van der Waals surface area contributed by atoms with Gasteiger partial charge in [-0.1, -0.05) is 18.2 Å². The molecule has 2 rings (SSSR count). The van der Waals surface area contributed by atoms with Crippen LogP contribution in [0.4, 0.5) is 4.39 Å². The number of rotatable bonds is 2. The zero-order chi connectivity index (χ0) is 10.7. The molecule has 2 nitrogen and oxygen atoms in total. The van der Waals surface area contributed by atoms with Gasteiger partial charge in [0.05, 0.1) is 12.1 Å². The number of pyridine rings is 1. The number of nitrogens with zero attached hydrogens (tertiary/aromatic N) is 1. The number of para-hydroxylation sites is 1. The standard InChI is InChI=1S/C12H10FNO/c13-11(8-15)6-9-5-10-3-1-2-4-12(10)14-7-9/h1-7,15H,8H2/b11-6+. The van der Waals surface area contributed by atoms with Crippen molar-refractivity contribution in [3.05, 3.63) is 47.9 Å². The lowest BCUT2D eigenvalue weighted by Gasteiger charge is -1.98. The number of aliphatic hydroxyl groups excluding tert-OH is 1. The Morgan fingerprint density at radius 1 is 1.40 bits per heavy atom. The molecule has 2 aromatic rings. The van der Waals surface area contributed by atoms with Gasteiger partial charge in [-0.2, -0.15) is 0 Å². The van der Waals surface area contributed by atoms with Gasteiger partial charge in [0.2, 0.25) is 0 Å². The van der Waals surface area contributed by atoms with E-state index >= 15 is 0 Å². The van der Waals surface area contributed by atoms with Crippen LogP contribution >= 0.6 is 0 Å². The maximum absolute atomic E-state index is 12.8. The number of halogens is 1. The molecule has 0 spiro atoms. The summed E-state index contributed by atoms with van der Waals surface area (Å²) in [5.41, 5.74) is 1.53. The molecule has 0 fully saturated rings. The van der Waals surface area contributed by atoms with Crippen LogP contribution in [-0.2, 0) is 0 Å². The highest BCUT2D eigenvalue weighted by atomic mass is 19.1. The minimum Gasteiger partial charge on any atom is -0.389 e. The first kappa shape index (κ1) is 9.80. The van der Waals surface area contributed by atoms with E-state index in [0.29, 0.717) is 5.56 Å². The molecule has 76 valence electrons. The number of aromatic nitrogens is 1. The van der Waals surface area contributed by atoms with E-state index in [-0.39, 0.29) is 0 Å². The van der Waals surface area contributed by atoms with Crippen molar-refractivity contribution in [2.75, 3.05) is 6.61 Å². The normalized spacial score (nSPS) is 12.0. The smallest absolute Gasteiger partial charge is 0.126 e. The van der Waals surface area contributed by atoms with Crippen LogP contribution in [0.15, 0.2) is 42.4 Å². The Morgan fingerprint density at radius 3 is 3.00 bits per heavy atom. The van der Waals surface area contributed by atoms with Gasteiger partial charge in [0.25, 0.3) is 0 Å². The maximum Gasteiger partial charge on any atom is 0.126 e. The minimum atomic E-state index is -0.577. The summed E-state index contributed by atoms with van der Waals surface area (Å²) in [7, 11) is 0. The second kappa shape index (κ2) is 4.19. The van der Waals surface area contributed by atoms with Crippen LogP contribution in [0.5, 0.6) is 0 Å². The quantitative estimate of drug-likeness (QED) is 0.813. The molecule has 0 saturated heterocycles. The molecule has 1 aromatic heterocycles. The summed E-state index contributed by atoms with van der Waals surface area (Å²) >= 11 is 0. The van der Waals surface area contributed by atoms with Gasteiger partial charge in [-0.05, 0) is 23.8 Å². The number of fused-ring (bicyclic) bond motifs is 1. The third-order valence-electron chi connectivity index (χ3n) is 2.09. The maximum atomic E-state index is 12.8. The fourth-order valence-electron chi connectivity index (χ4n) is 1.39. The fourth-order valence-corrected chi connectivity index (χ4v) is 1.39. The van der Waals surface area contributed by atoms with Crippen LogP contribution < -0.4 is 0 Å². The first-order valence-electron chi connectivity index (χ1n) is 4.61. The van der Waals surface area contributed by atoms with Crippen molar-refractivity contribution in [2.24, 2.45) is 0 Å². The Morgan fingerprint density at radius 2 is 2.20 bits per heavy atom. The summed E-state index contributed by atoms with van der Waals surface area (Å²) in [5, 5.41) is 9.50. The number of benzene rings is 1. The van der Waals surface area contributed by atoms with E-state index < -0.39 is 12.4 Å². The Bertz CT molecular complexity index is 508. The molecule has 0 atom stereocenters. The largest absolute Gasteiger partial charge is 0.389 e. The van der Waals surface area contributed by atoms with E-state index in [1.165, 1.54) is 6.08 Å². The second-order valence-electron chi connectivity index (χ2n) is 3.21. The minimum absolute atomic E-state index is 0.563. The Labute approximate surface area is 86.7 Å². The molecule has 0 bridgehead atoms. The fraction of sp³-hybridized carbons (Fsp3) is 0.0833. The predicted molar refractivity (Wildman–Crippen MR) is 57.9 cm³/mol. The molecule has 15 heavy (non-hydrogen) atoms. The average molecular weight is 203 g/mol. The van der Waals surface area contributed by atoms with E-state index in [2.05, 4.69) is 4.98 Å². The lowest BCUT2D eigenvalue weighted by molar-refractivity contribution is 0.300. The van der Waals surface area contributed by atoms with Crippen molar-refractivity contribution in [1.82, 2.24) is 4.98 Å². The van der Waals surface area contributed by atoms with Crippen molar-refractivity contribution in [3.8, 4) is 0 Å². The van der Waals surface area contributed by atoms with Crippen molar-refractivity contribution in [1.29, 1.82) is 0 Å². The highest BCUT2D eigenvalue weighted by molar-refractivity contribution is 5.80. The summed E-state index contributed by atoms with van der Waals surface area (Å²) < 4.78 is 12.8. The average Bonchev–Trinajstić information content (AvgIpc) is 2.29. The monoisotopic (exact) mass is 203 g/mol. The Balaban J connectivity index is 2.47. The molecule has 0 radical (unpaired) electrons. The summed E-state index contributed by atoms with van der Waals surface area (Å²) in [5.74, 6) is -0.563. The van der Waals surface area contributed by atoms with E-state index in [0.717, 1.165) is 10.9 Å². The van der Waals surface area contributed by atoms with Gasteiger partial charge in [-0.25, -0.2) is 4.39 Å². The topological polar surface area (TPSA) is 33.1 Å². The van der Waals surface area contributed by atoms with Gasteiger partial charge in [0.15, 0.2) is 0 Å². The van der Waals surface area contributed by atoms with E-state index in [1.807, 2.05) is 30.3 Å². The third-order valence-corrected chi connectivity index (χ3v) is 2.09. The summed E-state index contributed by atoms with van der Waals surface area (Å²) in [4.78, 5) is 4.18. The van der Waals surface area contributed by atoms with Gasteiger partial charge < -0.3 is 5.11 Å². The zero-order valence-corrected chi connectivity index (χ0v) is 8.02. The molecule has 0 unspecified atom stereocenters. The molecular weight excluding hydrogens is 193 g/mol. The van der Waals surface area contributed by atoms with Gasteiger partial charge in [0, 0.05) is 11.6 Å². The van der Waals surface area contributed by atoms with Crippen LogP contribution in [0.1, 0.15) is 5.56 Å². The molecule has 1 N–H and O–H groups in total. The molecule has 3 heteroatoms. The van der Waals surface area contributed by atoms with Crippen LogP contribution in [0, 0.1) is 0 Å². The van der Waals surface area contributed by atoms with Gasteiger partial charge in [-0.15, -0.1) is 0 Å². The molecule has 0 aliphatic rings. The summed E-state index contributed by atoms with van der Waals surface area (Å²) in [6.07, 6.45) is 2.86. The zero-order valence-electron chi connectivity index (χ0n) is 8.02. The predicted octanol–water partition coefficient (Wildman–Crippen LogP) is 2.54. The van der Waals surface area contributed by atoms with Gasteiger partial charge in [0.1, 0.15) is 5.83 Å². The van der Waals surface area contributed by atoms with Crippen molar-refractivity contribution in [3.63, 3.8) is 0 Å². The molecule has 1 heterocycles. The molecule has 0 amide bonds. The van der Waals surface area contributed by atoms with Gasteiger partial charge in [-0.3, -0.25) is 4.98 Å². The number of hydrogen-bond donors (Lipinski definition) is 1. The van der Waals surface area contributed by atoms with Crippen LogP contribution in [0.3, 0.4) is 0 Å². The Hall–Kier alpha value is -1.74. The number of hydrogen-bond acceptors (Lipinski definition) is 2. The molecule has 0 aliphatic carbocycles. The first-order chi connectivity index (χ1) is 7.29. The highest BCUT2D eigenvalue weighted by Gasteiger charge is 1.97. The molecule has 0 aliphatic heterocycles. The molecule has 1 aromatic carbocycles. The third kappa shape index (κ3) is 2.19. The van der Waals surface area contributed by atoms with Crippen LogP contribution in [0.25, 0.3) is 17.0 Å². The summed E-state index contributed by atoms with van der Waals surface area (Å²) in [6.45, 7) is -0.577. The van der Waals surface area contributed by atoms with Crippen molar-refractivity contribution < 1.29 is 9.50 Å². The van der Waals surface area contributed by atoms with E-state index in [4.69, 9.17) is 5.11 Å². The SMILES string of the molecule is OC/C(F)=C\c1cnc2ccccc2c1. The van der Waals surface area contributed by atoms with E-state index in [9.17, 15) is 4.39 Å². The lowest BCUT2D eigenvalue weighted by atomic mass is 10.1.